The Bertz CT molecular complexity index is 983. The lowest BCUT2D eigenvalue weighted by Gasteiger charge is -2.35. The third-order valence-corrected chi connectivity index (χ3v) is 5.89. The number of nitrogens with one attached hydrogen (secondary N) is 1. The summed E-state index contributed by atoms with van der Waals surface area (Å²) < 4.78 is 5.31. The number of piperidine rings is 1. The summed E-state index contributed by atoms with van der Waals surface area (Å²) in [6.07, 6.45) is 1.61. The summed E-state index contributed by atoms with van der Waals surface area (Å²) in [7, 11) is 1.59. The van der Waals surface area contributed by atoms with E-state index in [1.165, 1.54) is 12.1 Å². The molecule has 2 aromatic rings. The molecule has 0 aliphatic carbocycles. The van der Waals surface area contributed by atoms with Gasteiger partial charge in [0, 0.05) is 18.7 Å². The Morgan fingerprint density at radius 3 is 2.55 bits per heavy atom. The Hall–Kier alpha value is -2.99. The second-order valence-corrected chi connectivity index (χ2v) is 8.20. The van der Waals surface area contributed by atoms with E-state index in [2.05, 4.69) is 11.9 Å². The molecule has 2 N–H and O–H groups in total. The van der Waals surface area contributed by atoms with Gasteiger partial charge in [-0.15, -0.1) is 0 Å². The number of phenolic OH excluding ortho intramolecular Hbond substituents is 1. The van der Waals surface area contributed by atoms with Crippen molar-refractivity contribution in [2.75, 3.05) is 20.2 Å². The van der Waals surface area contributed by atoms with Gasteiger partial charge in [0.05, 0.1) is 12.1 Å². The van der Waals surface area contributed by atoms with E-state index in [9.17, 15) is 14.7 Å². The molecule has 7 heteroatoms. The first-order chi connectivity index (χ1) is 14.8. The lowest BCUT2D eigenvalue weighted by atomic mass is 9.89. The Morgan fingerprint density at radius 1 is 1.23 bits per heavy atom. The average Bonchev–Trinajstić information content (AvgIpc) is 2.77. The number of carbonyl (C=O) groups is 2. The fraction of sp³-hybridized carbons (Fsp3) is 0.333. The highest BCUT2D eigenvalue weighted by atomic mass is 35.5. The predicted octanol–water partition coefficient (Wildman–Crippen LogP) is 4.13. The van der Waals surface area contributed by atoms with E-state index in [1.54, 1.807) is 31.1 Å². The number of carbonyl (C=O) groups excluding carboxylic acids is 2. The smallest absolute Gasteiger partial charge is 0.252 e. The topological polar surface area (TPSA) is 78.9 Å². The monoisotopic (exact) mass is 442 g/mol. The Kier molecular flexibility index (Phi) is 7.23. The van der Waals surface area contributed by atoms with Crippen LogP contribution in [0.2, 0.25) is 5.02 Å². The number of amides is 2. The third kappa shape index (κ3) is 5.39. The molecule has 2 amide bonds. The second-order valence-electron chi connectivity index (χ2n) is 7.80. The fourth-order valence-corrected chi connectivity index (χ4v) is 4.00. The van der Waals surface area contributed by atoms with Crippen LogP contribution in [0.3, 0.4) is 0 Å². The van der Waals surface area contributed by atoms with Crippen LogP contribution in [0.5, 0.6) is 11.5 Å². The van der Waals surface area contributed by atoms with Gasteiger partial charge < -0.3 is 20.1 Å². The van der Waals surface area contributed by atoms with Gasteiger partial charge in [-0.3, -0.25) is 9.59 Å². The van der Waals surface area contributed by atoms with Crippen LogP contribution >= 0.6 is 11.6 Å². The van der Waals surface area contributed by atoms with Crippen molar-refractivity contribution in [1.29, 1.82) is 0 Å². The quantitative estimate of drug-likeness (QED) is 0.659. The highest BCUT2D eigenvalue weighted by Gasteiger charge is 2.30. The zero-order valence-corrected chi connectivity index (χ0v) is 18.5. The number of phenols is 1. The molecular weight excluding hydrogens is 416 g/mol. The normalized spacial score (nSPS) is 15.3. The van der Waals surface area contributed by atoms with Crippen LogP contribution in [0.25, 0.3) is 0 Å². The van der Waals surface area contributed by atoms with Gasteiger partial charge >= 0.3 is 0 Å². The third-order valence-electron chi connectivity index (χ3n) is 5.58. The molecule has 1 saturated heterocycles. The van der Waals surface area contributed by atoms with E-state index in [1.807, 2.05) is 18.2 Å². The van der Waals surface area contributed by atoms with Crippen molar-refractivity contribution in [1.82, 2.24) is 10.2 Å². The Labute approximate surface area is 187 Å². The molecule has 1 aliphatic rings. The van der Waals surface area contributed by atoms with Crippen molar-refractivity contribution in [3.05, 3.63) is 70.8 Å². The summed E-state index contributed by atoms with van der Waals surface area (Å²) in [6.45, 7) is 6.77. The first kappa shape index (κ1) is 22.7. The van der Waals surface area contributed by atoms with Gasteiger partial charge in [-0.05, 0) is 67.2 Å². The summed E-state index contributed by atoms with van der Waals surface area (Å²) in [5.41, 5.74) is 1.99. The molecule has 6 nitrogen and oxygen atoms in total. The molecule has 31 heavy (non-hydrogen) atoms. The molecule has 0 spiro atoms. The van der Waals surface area contributed by atoms with E-state index in [0.29, 0.717) is 35.4 Å². The zero-order chi connectivity index (χ0) is 22.5. The summed E-state index contributed by atoms with van der Waals surface area (Å²) >= 11 is 6.12. The van der Waals surface area contributed by atoms with Crippen LogP contribution in [-0.4, -0.2) is 48.1 Å². The number of hydrogen-bond donors (Lipinski definition) is 2. The number of benzene rings is 2. The highest BCUT2D eigenvalue weighted by Crippen LogP contribution is 2.33. The fourth-order valence-electron chi connectivity index (χ4n) is 3.80. The maximum absolute atomic E-state index is 13.1. The number of methoxy groups -OCH3 is 1. The Balaban J connectivity index is 1.64. The van der Waals surface area contributed by atoms with Crippen LogP contribution < -0.4 is 10.1 Å². The number of rotatable bonds is 6. The van der Waals surface area contributed by atoms with Crippen molar-refractivity contribution in [3.63, 3.8) is 0 Å². The van der Waals surface area contributed by atoms with Crippen LogP contribution in [0.1, 0.15) is 41.6 Å². The lowest BCUT2D eigenvalue weighted by Crippen LogP contribution is -2.51. The second kappa shape index (κ2) is 9.88. The van der Waals surface area contributed by atoms with Crippen molar-refractivity contribution < 1.29 is 19.4 Å². The number of ether oxygens (including phenoxy) is 1. The summed E-state index contributed by atoms with van der Waals surface area (Å²) in [5.74, 6) is 0.343. The van der Waals surface area contributed by atoms with Crippen molar-refractivity contribution in [2.45, 2.75) is 31.7 Å². The molecule has 0 unspecified atom stereocenters. The van der Waals surface area contributed by atoms with Gasteiger partial charge in [0.2, 0.25) is 5.91 Å². The summed E-state index contributed by atoms with van der Waals surface area (Å²) in [6, 6.07) is 11.0. The predicted molar refractivity (Wildman–Crippen MR) is 121 cm³/mol. The minimum absolute atomic E-state index is 0.00764. The lowest BCUT2D eigenvalue weighted by molar-refractivity contribution is -0.133. The molecule has 0 bridgehead atoms. The molecule has 1 aliphatic heterocycles. The van der Waals surface area contributed by atoms with Crippen molar-refractivity contribution in [3.8, 4) is 11.5 Å². The van der Waals surface area contributed by atoms with E-state index < -0.39 is 11.9 Å². The molecular formula is C24H27ClN2O4. The Morgan fingerprint density at radius 2 is 1.94 bits per heavy atom. The van der Waals surface area contributed by atoms with Gasteiger partial charge in [-0.25, -0.2) is 0 Å². The number of aromatic hydroxyl groups is 1. The van der Waals surface area contributed by atoms with Gasteiger partial charge in [0.25, 0.3) is 5.91 Å². The molecule has 2 aromatic carbocycles. The van der Waals surface area contributed by atoms with Crippen LogP contribution in [0.15, 0.2) is 54.6 Å². The van der Waals surface area contributed by atoms with Gasteiger partial charge in [-0.1, -0.05) is 30.3 Å². The number of likely N-dealkylation sites (tertiary alicyclic amines) is 1. The number of hydrogen-bond acceptors (Lipinski definition) is 4. The van der Waals surface area contributed by atoms with E-state index in [0.717, 1.165) is 18.4 Å². The minimum Gasteiger partial charge on any atom is -0.508 e. The molecule has 1 atom stereocenters. The minimum atomic E-state index is -0.818. The van der Waals surface area contributed by atoms with E-state index in [-0.39, 0.29) is 17.2 Å². The summed E-state index contributed by atoms with van der Waals surface area (Å²) in [4.78, 5) is 27.5. The maximum atomic E-state index is 13.1. The van der Waals surface area contributed by atoms with Gasteiger partial charge in [0.15, 0.2) is 0 Å². The highest BCUT2D eigenvalue weighted by molar-refractivity contribution is 6.32. The van der Waals surface area contributed by atoms with E-state index >= 15 is 0 Å². The molecule has 1 fully saturated rings. The number of nitrogens with zero attached hydrogens (tertiary/aromatic N) is 1. The molecule has 0 aromatic heterocycles. The zero-order valence-electron chi connectivity index (χ0n) is 17.7. The molecule has 164 valence electrons. The average molecular weight is 443 g/mol. The SMILES string of the molecule is C=C(C)[C@@H](NC(=O)c1cccc(O)c1)C(=O)N1CCC(c2ccc(Cl)c(OC)c2)CC1. The first-order valence-electron chi connectivity index (χ1n) is 10.2. The molecule has 0 radical (unpaired) electrons. The van der Waals surface area contributed by atoms with Gasteiger partial charge in [0.1, 0.15) is 17.5 Å². The van der Waals surface area contributed by atoms with Crippen LogP contribution in [0, 0.1) is 0 Å². The summed E-state index contributed by atoms with van der Waals surface area (Å²) in [5, 5.41) is 12.9. The van der Waals surface area contributed by atoms with Crippen molar-refractivity contribution in [2.24, 2.45) is 0 Å². The first-order valence-corrected chi connectivity index (χ1v) is 10.6. The largest absolute Gasteiger partial charge is 0.508 e. The molecule has 1 heterocycles. The van der Waals surface area contributed by atoms with E-state index in [4.69, 9.17) is 16.3 Å². The molecule has 0 saturated carbocycles. The standard InChI is InChI=1S/C24H27ClN2O4/c1-15(2)22(26-23(29)18-5-4-6-19(28)13-18)24(30)27-11-9-16(10-12-27)17-7-8-20(25)21(14-17)31-3/h4-8,13-14,16,22,28H,1,9-12H2,2-3H3,(H,26,29)/t22-/m1/s1. The molecule has 3 rings (SSSR count). The van der Waals surface area contributed by atoms with Crippen molar-refractivity contribution >= 4 is 23.4 Å². The van der Waals surface area contributed by atoms with Crippen LogP contribution in [0.4, 0.5) is 0 Å². The van der Waals surface area contributed by atoms with Crippen LogP contribution in [-0.2, 0) is 4.79 Å². The van der Waals surface area contributed by atoms with Gasteiger partial charge in [-0.2, -0.15) is 0 Å². The number of halogens is 1. The maximum Gasteiger partial charge on any atom is 0.252 e.